The van der Waals surface area contributed by atoms with E-state index in [1.165, 1.54) is 38.2 Å². The molecule has 4 aliphatic rings. The molecule has 4 fully saturated rings. The Balaban J connectivity index is 1.78. The third-order valence-electron chi connectivity index (χ3n) is 6.00. The second kappa shape index (κ2) is 3.82. The first-order chi connectivity index (χ1) is 9.07. The van der Waals surface area contributed by atoms with Crippen molar-refractivity contribution in [3.63, 3.8) is 0 Å². The highest BCUT2D eigenvalue weighted by Crippen LogP contribution is 2.61. The normalized spacial score (nSPS) is 43.7. The molecule has 0 unspecified atom stereocenters. The third kappa shape index (κ3) is 1.56. The van der Waals surface area contributed by atoms with Crippen molar-refractivity contribution in [3.8, 4) is 0 Å². The van der Waals surface area contributed by atoms with Crippen LogP contribution in [0.4, 0.5) is 4.39 Å². The zero-order valence-corrected chi connectivity index (χ0v) is 11.4. The molecule has 2 heteroatoms. The van der Waals surface area contributed by atoms with E-state index in [9.17, 15) is 9.50 Å². The van der Waals surface area contributed by atoms with E-state index in [4.69, 9.17) is 0 Å². The smallest absolute Gasteiger partial charge is 0.126 e. The van der Waals surface area contributed by atoms with Gasteiger partial charge in [-0.3, -0.25) is 0 Å². The van der Waals surface area contributed by atoms with Crippen LogP contribution in [0.2, 0.25) is 0 Å². The summed E-state index contributed by atoms with van der Waals surface area (Å²) >= 11 is 0. The number of rotatable bonds is 1. The van der Waals surface area contributed by atoms with E-state index in [-0.39, 0.29) is 5.82 Å². The van der Waals surface area contributed by atoms with Gasteiger partial charge in [-0.1, -0.05) is 12.1 Å². The molecule has 4 aliphatic carbocycles. The van der Waals surface area contributed by atoms with E-state index in [0.29, 0.717) is 17.4 Å². The molecule has 0 heterocycles. The van der Waals surface area contributed by atoms with Crippen LogP contribution in [0.15, 0.2) is 18.2 Å². The predicted molar refractivity (Wildman–Crippen MR) is 72.1 cm³/mol. The molecule has 1 nitrogen and oxygen atoms in total. The topological polar surface area (TPSA) is 20.2 Å². The second-order valence-corrected chi connectivity index (χ2v) is 7.09. The minimum Gasteiger partial charge on any atom is -0.385 e. The molecule has 0 saturated heterocycles. The van der Waals surface area contributed by atoms with Gasteiger partial charge in [0, 0.05) is 0 Å². The zero-order valence-electron chi connectivity index (χ0n) is 11.4. The van der Waals surface area contributed by atoms with Crippen molar-refractivity contribution in [2.45, 2.75) is 44.6 Å². The molecule has 0 spiro atoms. The first-order valence-electron chi connectivity index (χ1n) is 7.56. The van der Waals surface area contributed by atoms with Gasteiger partial charge in [-0.2, -0.15) is 0 Å². The van der Waals surface area contributed by atoms with Crippen LogP contribution in [0.1, 0.15) is 43.2 Å². The van der Waals surface area contributed by atoms with E-state index < -0.39 is 5.60 Å². The summed E-state index contributed by atoms with van der Waals surface area (Å²) in [4.78, 5) is 0. The summed E-state index contributed by atoms with van der Waals surface area (Å²) in [5, 5.41) is 11.4. The summed E-state index contributed by atoms with van der Waals surface area (Å²) in [6.07, 6.45) is 6.05. The van der Waals surface area contributed by atoms with Crippen LogP contribution in [0.25, 0.3) is 0 Å². The van der Waals surface area contributed by atoms with Crippen LogP contribution in [-0.2, 0) is 5.60 Å². The lowest BCUT2D eigenvalue weighted by atomic mass is 9.48. The predicted octanol–water partition coefficient (Wildman–Crippen LogP) is 3.78. The lowest BCUT2D eigenvalue weighted by Crippen LogP contribution is -2.55. The largest absolute Gasteiger partial charge is 0.385 e. The Morgan fingerprint density at radius 2 is 1.63 bits per heavy atom. The van der Waals surface area contributed by atoms with Gasteiger partial charge in [0.2, 0.25) is 0 Å². The average Bonchev–Trinajstić information content (AvgIpc) is 2.38. The van der Waals surface area contributed by atoms with Crippen molar-refractivity contribution in [2.75, 3.05) is 0 Å². The molecular formula is C17H21FO. The van der Waals surface area contributed by atoms with E-state index in [1.807, 2.05) is 12.1 Å². The monoisotopic (exact) mass is 260 g/mol. The molecule has 5 rings (SSSR count). The van der Waals surface area contributed by atoms with E-state index in [0.717, 1.165) is 17.4 Å². The van der Waals surface area contributed by atoms with Gasteiger partial charge in [0.25, 0.3) is 0 Å². The van der Waals surface area contributed by atoms with Gasteiger partial charge in [-0.15, -0.1) is 0 Å². The second-order valence-electron chi connectivity index (χ2n) is 7.09. The van der Waals surface area contributed by atoms with Crippen molar-refractivity contribution in [2.24, 2.45) is 23.7 Å². The van der Waals surface area contributed by atoms with Crippen LogP contribution < -0.4 is 0 Å². The summed E-state index contributed by atoms with van der Waals surface area (Å²) < 4.78 is 13.5. The van der Waals surface area contributed by atoms with Crippen LogP contribution in [-0.4, -0.2) is 5.11 Å². The number of aryl methyl sites for hydroxylation is 1. The molecule has 0 aliphatic heterocycles. The van der Waals surface area contributed by atoms with Crippen molar-refractivity contribution in [3.05, 3.63) is 35.1 Å². The fraction of sp³-hybridized carbons (Fsp3) is 0.647. The zero-order chi connectivity index (χ0) is 13.2. The fourth-order valence-electron chi connectivity index (χ4n) is 5.27. The lowest BCUT2D eigenvalue weighted by molar-refractivity contribution is -0.179. The van der Waals surface area contributed by atoms with Gasteiger partial charge in [0.1, 0.15) is 5.82 Å². The summed E-state index contributed by atoms with van der Waals surface area (Å²) in [6.45, 7) is 1.79. The number of aliphatic hydroxyl groups is 1. The molecule has 102 valence electrons. The van der Waals surface area contributed by atoms with Crippen molar-refractivity contribution < 1.29 is 9.50 Å². The molecule has 0 radical (unpaired) electrons. The van der Waals surface area contributed by atoms with Gasteiger partial charge >= 0.3 is 0 Å². The average molecular weight is 260 g/mol. The Labute approximate surface area is 113 Å². The van der Waals surface area contributed by atoms with Crippen LogP contribution in [0.5, 0.6) is 0 Å². The Morgan fingerprint density at radius 3 is 2.16 bits per heavy atom. The maximum absolute atomic E-state index is 13.5. The SMILES string of the molecule is Cc1cc(C2(O)C3CC4CC(C3)CC2C4)ccc1F. The number of hydrogen-bond donors (Lipinski definition) is 1. The molecule has 0 atom stereocenters. The van der Waals surface area contributed by atoms with Gasteiger partial charge in [0.15, 0.2) is 0 Å². The summed E-state index contributed by atoms with van der Waals surface area (Å²) in [5.41, 5.74) is 0.922. The van der Waals surface area contributed by atoms with Crippen LogP contribution >= 0.6 is 0 Å². The summed E-state index contributed by atoms with van der Waals surface area (Å²) in [6, 6.07) is 5.20. The van der Waals surface area contributed by atoms with Crippen molar-refractivity contribution >= 4 is 0 Å². The molecular weight excluding hydrogens is 239 g/mol. The first kappa shape index (κ1) is 11.9. The minimum absolute atomic E-state index is 0.170. The molecule has 4 bridgehead atoms. The molecule has 4 saturated carbocycles. The molecule has 19 heavy (non-hydrogen) atoms. The number of halogens is 1. The number of hydrogen-bond acceptors (Lipinski definition) is 1. The Hall–Kier alpha value is -0.890. The molecule has 1 N–H and O–H groups in total. The standard InChI is InChI=1S/C17H21FO/c1-10-4-13(2-3-16(10)18)17(19)14-6-11-5-12(8-14)9-15(17)7-11/h2-4,11-12,14-15,19H,5-9H2,1H3. The van der Waals surface area contributed by atoms with E-state index in [1.54, 1.807) is 6.92 Å². The van der Waals surface area contributed by atoms with Gasteiger partial charge in [0.05, 0.1) is 5.60 Å². The van der Waals surface area contributed by atoms with Crippen molar-refractivity contribution in [1.29, 1.82) is 0 Å². The highest BCUT2D eigenvalue weighted by atomic mass is 19.1. The molecule has 1 aromatic carbocycles. The third-order valence-corrected chi connectivity index (χ3v) is 6.00. The lowest BCUT2D eigenvalue weighted by Gasteiger charge is -2.59. The van der Waals surface area contributed by atoms with Gasteiger partial charge in [-0.25, -0.2) is 4.39 Å². The highest BCUT2D eigenvalue weighted by Gasteiger charge is 2.57. The Kier molecular flexibility index (Phi) is 2.39. The highest BCUT2D eigenvalue weighted by molar-refractivity contribution is 5.32. The molecule has 0 aromatic heterocycles. The van der Waals surface area contributed by atoms with E-state index >= 15 is 0 Å². The van der Waals surface area contributed by atoms with Crippen LogP contribution in [0, 0.1) is 36.4 Å². The molecule has 1 aromatic rings. The maximum atomic E-state index is 13.5. The summed E-state index contributed by atoms with van der Waals surface area (Å²) in [5.74, 6) is 2.30. The van der Waals surface area contributed by atoms with Crippen molar-refractivity contribution in [1.82, 2.24) is 0 Å². The van der Waals surface area contributed by atoms with Crippen LogP contribution in [0.3, 0.4) is 0 Å². The molecule has 0 amide bonds. The maximum Gasteiger partial charge on any atom is 0.126 e. The minimum atomic E-state index is -0.689. The fourth-order valence-corrected chi connectivity index (χ4v) is 5.27. The Morgan fingerprint density at radius 1 is 1.05 bits per heavy atom. The first-order valence-corrected chi connectivity index (χ1v) is 7.56. The van der Waals surface area contributed by atoms with E-state index in [2.05, 4.69) is 0 Å². The quantitative estimate of drug-likeness (QED) is 0.814. The summed E-state index contributed by atoms with van der Waals surface area (Å²) in [7, 11) is 0. The Bertz CT molecular complexity index is 494. The number of benzene rings is 1. The van der Waals surface area contributed by atoms with Gasteiger partial charge in [-0.05, 0) is 79.9 Å². The van der Waals surface area contributed by atoms with Gasteiger partial charge < -0.3 is 5.11 Å².